The van der Waals surface area contributed by atoms with E-state index >= 15 is 0 Å². The Morgan fingerprint density at radius 3 is 2.44 bits per heavy atom. The highest BCUT2D eigenvalue weighted by Crippen LogP contribution is 2.36. The van der Waals surface area contributed by atoms with E-state index in [1.807, 2.05) is 6.07 Å². The third kappa shape index (κ3) is 4.90. The van der Waals surface area contributed by atoms with Crippen molar-refractivity contribution >= 4 is 45.2 Å². The smallest absolute Gasteiger partial charge is 0.248 e. The van der Waals surface area contributed by atoms with Crippen LogP contribution in [0.15, 0.2) is 40.9 Å². The third-order valence-electron chi connectivity index (χ3n) is 3.30. The second kappa shape index (κ2) is 8.78. The van der Waals surface area contributed by atoms with E-state index < -0.39 is 0 Å². The molecule has 0 aliphatic heterocycles. The molecule has 0 unspecified atom stereocenters. The number of benzene rings is 2. The third-order valence-corrected chi connectivity index (χ3v) is 4.13. The van der Waals surface area contributed by atoms with Crippen molar-refractivity contribution in [2.75, 3.05) is 26.6 Å². The Balaban J connectivity index is 2.18. The maximum Gasteiger partial charge on any atom is 0.248 e. The van der Waals surface area contributed by atoms with Gasteiger partial charge in [-0.2, -0.15) is 0 Å². The van der Waals surface area contributed by atoms with E-state index in [-0.39, 0.29) is 5.91 Å². The van der Waals surface area contributed by atoms with Crippen molar-refractivity contribution in [1.29, 1.82) is 0 Å². The fourth-order valence-corrected chi connectivity index (χ4v) is 2.95. The Kier molecular flexibility index (Phi) is 6.73. The summed E-state index contributed by atoms with van der Waals surface area (Å²) in [6, 6.07) is 8.59. The molecule has 5 nitrogen and oxygen atoms in total. The van der Waals surface area contributed by atoms with Crippen LogP contribution in [0.3, 0.4) is 0 Å². The summed E-state index contributed by atoms with van der Waals surface area (Å²) in [5, 5.41) is 3.24. The molecule has 1 N–H and O–H groups in total. The molecule has 1 amide bonds. The van der Waals surface area contributed by atoms with Gasteiger partial charge >= 0.3 is 0 Å². The monoisotopic (exact) mass is 425 g/mol. The lowest BCUT2D eigenvalue weighted by Gasteiger charge is -2.10. The lowest BCUT2D eigenvalue weighted by Crippen LogP contribution is -2.08. The van der Waals surface area contributed by atoms with Gasteiger partial charge in [-0.3, -0.25) is 4.79 Å². The summed E-state index contributed by atoms with van der Waals surface area (Å²) in [5.41, 5.74) is 1.27. The Labute approximate surface area is 159 Å². The molecule has 0 saturated carbocycles. The first-order chi connectivity index (χ1) is 12.0. The SMILES string of the molecule is COc1ccc(Cl)cc1NC(=O)C=Cc1cc(Br)c(OC)c(OC)c1. The fourth-order valence-electron chi connectivity index (χ4n) is 2.16. The molecule has 0 atom stereocenters. The van der Waals surface area contributed by atoms with Gasteiger partial charge < -0.3 is 19.5 Å². The topological polar surface area (TPSA) is 56.8 Å². The normalized spacial score (nSPS) is 10.6. The van der Waals surface area contributed by atoms with Crippen molar-refractivity contribution < 1.29 is 19.0 Å². The van der Waals surface area contributed by atoms with Crippen molar-refractivity contribution in [3.8, 4) is 17.2 Å². The van der Waals surface area contributed by atoms with Crippen LogP contribution in [0.4, 0.5) is 5.69 Å². The fraction of sp³-hybridized carbons (Fsp3) is 0.167. The van der Waals surface area contributed by atoms with Gasteiger partial charge in [0.15, 0.2) is 11.5 Å². The van der Waals surface area contributed by atoms with Crippen LogP contribution >= 0.6 is 27.5 Å². The minimum Gasteiger partial charge on any atom is -0.495 e. The summed E-state index contributed by atoms with van der Waals surface area (Å²) in [7, 11) is 4.63. The van der Waals surface area contributed by atoms with E-state index in [0.717, 1.165) is 10.0 Å². The standard InChI is InChI=1S/C18H17BrClNO4/c1-23-15-6-5-12(20)10-14(15)21-17(22)7-4-11-8-13(19)18(25-3)16(9-11)24-2/h4-10H,1-3H3,(H,21,22). The molecule has 0 fully saturated rings. The van der Waals surface area contributed by atoms with Crippen LogP contribution in [0.2, 0.25) is 5.02 Å². The molecule has 0 saturated heterocycles. The number of anilines is 1. The molecular weight excluding hydrogens is 410 g/mol. The molecule has 2 rings (SSSR count). The maximum atomic E-state index is 12.2. The second-order valence-corrected chi connectivity index (χ2v) is 6.20. The van der Waals surface area contributed by atoms with Gasteiger partial charge in [0.05, 0.1) is 31.5 Å². The highest BCUT2D eigenvalue weighted by Gasteiger charge is 2.10. The van der Waals surface area contributed by atoms with Crippen molar-refractivity contribution in [1.82, 2.24) is 0 Å². The predicted molar refractivity (Wildman–Crippen MR) is 103 cm³/mol. The number of carbonyl (C=O) groups excluding carboxylic acids is 1. The van der Waals surface area contributed by atoms with E-state index in [0.29, 0.717) is 28.0 Å². The average Bonchev–Trinajstić information content (AvgIpc) is 2.59. The number of halogens is 2. The van der Waals surface area contributed by atoms with Crippen LogP contribution in [0.1, 0.15) is 5.56 Å². The number of carbonyl (C=O) groups is 1. The lowest BCUT2D eigenvalue weighted by atomic mass is 10.2. The molecule has 7 heteroatoms. The first kappa shape index (κ1) is 19.1. The van der Waals surface area contributed by atoms with Gasteiger partial charge in [-0.15, -0.1) is 0 Å². The first-order valence-corrected chi connectivity index (χ1v) is 8.39. The maximum absolute atomic E-state index is 12.2. The molecule has 0 aliphatic rings. The summed E-state index contributed by atoms with van der Waals surface area (Å²) in [6.07, 6.45) is 3.08. The van der Waals surface area contributed by atoms with Crippen molar-refractivity contribution in [3.05, 3.63) is 51.5 Å². The van der Waals surface area contributed by atoms with Gasteiger partial charge in [-0.1, -0.05) is 11.6 Å². The number of methoxy groups -OCH3 is 3. The van der Waals surface area contributed by atoms with Gasteiger partial charge in [-0.05, 0) is 57.9 Å². The highest BCUT2D eigenvalue weighted by atomic mass is 79.9. The summed E-state index contributed by atoms with van der Waals surface area (Å²) in [6.45, 7) is 0. The summed E-state index contributed by atoms with van der Waals surface area (Å²) < 4.78 is 16.5. The molecular formula is C18H17BrClNO4. The lowest BCUT2D eigenvalue weighted by molar-refractivity contribution is -0.111. The number of ether oxygens (including phenoxy) is 3. The molecule has 25 heavy (non-hydrogen) atoms. The minimum atomic E-state index is -0.313. The number of hydrogen-bond donors (Lipinski definition) is 1. The Morgan fingerprint density at radius 2 is 1.80 bits per heavy atom. The minimum absolute atomic E-state index is 0.313. The van der Waals surface area contributed by atoms with Crippen LogP contribution < -0.4 is 19.5 Å². The zero-order valence-electron chi connectivity index (χ0n) is 13.9. The van der Waals surface area contributed by atoms with Gasteiger partial charge in [0.1, 0.15) is 5.75 Å². The van der Waals surface area contributed by atoms with Gasteiger partial charge in [0.25, 0.3) is 0 Å². The molecule has 0 aromatic heterocycles. The van der Waals surface area contributed by atoms with Crippen molar-refractivity contribution in [2.24, 2.45) is 0 Å². The molecule has 2 aromatic rings. The average molecular weight is 427 g/mol. The van der Waals surface area contributed by atoms with Crippen LogP contribution in [0.5, 0.6) is 17.2 Å². The Morgan fingerprint density at radius 1 is 1.08 bits per heavy atom. The summed E-state index contributed by atoms with van der Waals surface area (Å²) in [5.74, 6) is 1.37. The highest BCUT2D eigenvalue weighted by molar-refractivity contribution is 9.10. The van der Waals surface area contributed by atoms with Crippen molar-refractivity contribution in [2.45, 2.75) is 0 Å². The van der Waals surface area contributed by atoms with Crippen molar-refractivity contribution in [3.63, 3.8) is 0 Å². The van der Waals surface area contributed by atoms with Gasteiger partial charge in [0.2, 0.25) is 5.91 Å². The number of nitrogens with one attached hydrogen (secondary N) is 1. The zero-order chi connectivity index (χ0) is 18.4. The van der Waals surface area contributed by atoms with Crippen LogP contribution in [0, 0.1) is 0 Å². The van der Waals surface area contributed by atoms with E-state index in [1.54, 1.807) is 44.6 Å². The quantitative estimate of drug-likeness (QED) is 0.675. The zero-order valence-corrected chi connectivity index (χ0v) is 16.3. The molecule has 0 bridgehead atoms. The first-order valence-electron chi connectivity index (χ1n) is 7.22. The molecule has 2 aromatic carbocycles. The van der Waals surface area contributed by atoms with E-state index in [4.69, 9.17) is 25.8 Å². The van der Waals surface area contributed by atoms with E-state index in [1.165, 1.54) is 13.2 Å². The van der Waals surface area contributed by atoms with Crippen LogP contribution in [0.25, 0.3) is 6.08 Å². The Bertz CT molecular complexity index is 808. The number of rotatable bonds is 6. The largest absolute Gasteiger partial charge is 0.495 e. The van der Waals surface area contributed by atoms with Crippen LogP contribution in [-0.2, 0) is 4.79 Å². The van der Waals surface area contributed by atoms with Gasteiger partial charge in [-0.25, -0.2) is 0 Å². The number of hydrogen-bond acceptors (Lipinski definition) is 4. The molecule has 0 aliphatic carbocycles. The Hall–Kier alpha value is -2.18. The van der Waals surface area contributed by atoms with Crippen LogP contribution in [-0.4, -0.2) is 27.2 Å². The molecule has 0 heterocycles. The molecule has 0 spiro atoms. The molecule has 132 valence electrons. The second-order valence-electron chi connectivity index (χ2n) is 4.91. The van der Waals surface area contributed by atoms with Gasteiger partial charge in [0, 0.05) is 11.1 Å². The predicted octanol–water partition coefficient (Wildman–Crippen LogP) is 4.78. The summed E-state index contributed by atoms with van der Waals surface area (Å²) in [4.78, 5) is 12.2. The van der Waals surface area contributed by atoms with E-state index in [2.05, 4.69) is 21.2 Å². The summed E-state index contributed by atoms with van der Waals surface area (Å²) >= 11 is 9.37. The molecule has 0 radical (unpaired) electrons. The number of amides is 1. The van der Waals surface area contributed by atoms with E-state index in [9.17, 15) is 4.79 Å².